The third-order valence-corrected chi connectivity index (χ3v) is 4.82. The topological polar surface area (TPSA) is 87.5 Å². The van der Waals surface area contributed by atoms with Gasteiger partial charge in [0.1, 0.15) is 0 Å². The minimum Gasteiger partial charge on any atom is -0.481 e. The Bertz CT molecular complexity index is 795. The molecule has 0 saturated heterocycles. The highest BCUT2D eigenvalue weighted by Crippen LogP contribution is 2.53. The lowest BCUT2D eigenvalue weighted by Crippen LogP contribution is -2.27. The normalized spacial score (nSPS) is 14.0. The number of carbonyl (C=O) groups is 2. The first-order valence-electron chi connectivity index (χ1n) is 7.94. The number of pyridine rings is 1. The molecular formula is C19H19NO4. The summed E-state index contributed by atoms with van der Waals surface area (Å²) in [6.45, 7) is 1.91. The number of aromatic nitrogens is 1. The maximum Gasteiger partial charge on any atom is 0.303 e. The van der Waals surface area contributed by atoms with Crippen LogP contribution in [-0.4, -0.2) is 27.1 Å². The van der Waals surface area contributed by atoms with Crippen LogP contribution in [0, 0.1) is 6.92 Å². The van der Waals surface area contributed by atoms with E-state index in [1.165, 1.54) is 0 Å². The molecule has 1 aliphatic rings. The van der Waals surface area contributed by atoms with Crippen LogP contribution in [-0.2, 0) is 15.0 Å². The summed E-state index contributed by atoms with van der Waals surface area (Å²) in [6.07, 6.45) is 2.49. The summed E-state index contributed by atoms with van der Waals surface area (Å²) in [6, 6.07) is 9.85. The van der Waals surface area contributed by atoms with Gasteiger partial charge >= 0.3 is 11.9 Å². The predicted octanol–water partition coefficient (Wildman–Crippen LogP) is 3.39. The molecule has 3 rings (SSSR count). The average Bonchev–Trinajstić information content (AvgIpc) is 2.81. The number of carboxylic acids is 2. The van der Waals surface area contributed by atoms with Gasteiger partial charge in [0.15, 0.2) is 0 Å². The van der Waals surface area contributed by atoms with Crippen LogP contribution in [0.15, 0.2) is 36.5 Å². The van der Waals surface area contributed by atoms with Crippen molar-refractivity contribution in [2.45, 2.75) is 38.0 Å². The Kier molecular flexibility index (Phi) is 4.09. The van der Waals surface area contributed by atoms with Crippen LogP contribution in [0.1, 0.15) is 42.5 Å². The summed E-state index contributed by atoms with van der Waals surface area (Å²) in [5.41, 5.74) is 4.31. The van der Waals surface area contributed by atoms with E-state index in [2.05, 4.69) is 4.98 Å². The Morgan fingerprint density at radius 2 is 1.62 bits per heavy atom. The molecule has 0 radical (unpaired) electrons. The van der Waals surface area contributed by atoms with Crippen molar-refractivity contribution in [3.8, 4) is 11.1 Å². The van der Waals surface area contributed by atoms with E-state index in [-0.39, 0.29) is 12.8 Å². The number of fused-ring (bicyclic) bond motifs is 3. The zero-order chi connectivity index (χ0) is 17.3. The van der Waals surface area contributed by atoms with Crippen molar-refractivity contribution in [1.29, 1.82) is 0 Å². The van der Waals surface area contributed by atoms with Crippen molar-refractivity contribution in [3.63, 3.8) is 0 Å². The SMILES string of the molecule is Cc1cc2c(cn1)C(CCC(=O)O)(CCC(=O)O)c1ccccc1-2. The highest BCUT2D eigenvalue weighted by Gasteiger charge is 2.43. The molecule has 0 amide bonds. The number of benzene rings is 1. The quantitative estimate of drug-likeness (QED) is 0.850. The third kappa shape index (κ3) is 2.66. The van der Waals surface area contributed by atoms with E-state index in [1.807, 2.05) is 37.3 Å². The summed E-state index contributed by atoms with van der Waals surface area (Å²) in [5.74, 6) is -1.76. The smallest absolute Gasteiger partial charge is 0.303 e. The van der Waals surface area contributed by atoms with Gasteiger partial charge in [0, 0.05) is 30.1 Å². The van der Waals surface area contributed by atoms with Crippen LogP contribution in [0.3, 0.4) is 0 Å². The van der Waals surface area contributed by atoms with E-state index in [0.717, 1.165) is 27.9 Å². The van der Waals surface area contributed by atoms with Crippen LogP contribution in [0.25, 0.3) is 11.1 Å². The number of rotatable bonds is 6. The molecule has 2 aromatic rings. The largest absolute Gasteiger partial charge is 0.481 e. The van der Waals surface area contributed by atoms with Crippen molar-refractivity contribution in [1.82, 2.24) is 4.98 Å². The fraction of sp³-hybridized carbons (Fsp3) is 0.316. The van der Waals surface area contributed by atoms with Crippen molar-refractivity contribution >= 4 is 11.9 Å². The van der Waals surface area contributed by atoms with Crippen LogP contribution in [0.5, 0.6) is 0 Å². The maximum atomic E-state index is 11.2. The lowest BCUT2D eigenvalue weighted by atomic mass is 9.71. The molecule has 0 atom stereocenters. The standard InChI is InChI=1S/C19H19NO4/c1-12-10-14-13-4-2-3-5-15(13)19(8-6-17(21)22,9-7-18(23)24)16(14)11-20-12/h2-5,10-11H,6-9H2,1H3,(H,21,22)(H,23,24). The maximum absolute atomic E-state index is 11.2. The summed E-state index contributed by atoms with van der Waals surface area (Å²) in [5, 5.41) is 18.3. The van der Waals surface area contributed by atoms with Gasteiger partial charge in [-0.15, -0.1) is 0 Å². The molecule has 1 aliphatic carbocycles. The summed E-state index contributed by atoms with van der Waals surface area (Å²) in [7, 11) is 0. The van der Waals surface area contributed by atoms with Gasteiger partial charge in [-0.1, -0.05) is 24.3 Å². The molecule has 0 fully saturated rings. The van der Waals surface area contributed by atoms with E-state index in [4.69, 9.17) is 0 Å². The molecule has 5 heteroatoms. The summed E-state index contributed by atoms with van der Waals surface area (Å²) < 4.78 is 0. The zero-order valence-corrected chi connectivity index (χ0v) is 13.5. The van der Waals surface area contributed by atoms with E-state index in [1.54, 1.807) is 6.20 Å². The third-order valence-electron chi connectivity index (χ3n) is 4.82. The molecular weight excluding hydrogens is 306 g/mol. The van der Waals surface area contributed by atoms with Crippen LogP contribution < -0.4 is 0 Å². The number of nitrogens with zero attached hydrogens (tertiary/aromatic N) is 1. The van der Waals surface area contributed by atoms with Crippen molar-refractivity contribution in [3.05, 3.63) is 53.3 Å². The van der Waals surface area contributed by atoms with Gasteiger partial charge in [-0.25, -0.2) is 0 Å². The molecule has 1 heterocycles. The van der Waals surface area contributed by atoms with Crippen molar-refractivity contribution in [2.75, 3.05) is 0 Å². The van der Waals surface area contributed by atoms with E-state index >= 15 is 0 Å². The Morgan fingerprint density at radius 1 is 1.00 bits per heavy atom. The Morgan fingerprint density at radius 3 is 2.25 bits per heavy atom. The predicted molar refractivity (Wildman–Crippen MR) is 88.9 cm³/mol. The average molecular weight is 325 g/mol. The van der Waals surface area contributed by atoms with E-state index in [9.17, 15) is 19.8 Å². The second kappa shape index (κ2) is 6.07. The van der Waals surface area contributed by atoms with E-state index < -0.39 is 17.4 Å². The summed E-state index contributed by atoms with van der Waals surface area (Å²) >= 11 is 0. The van der Waals surface area contributed by atoms with Gasteiger partial charge in [-0.05, 0) is 48.1 Å². The minimum atomic E-state index is -0.879. The van der Waals surface area contributed by atoms with Gasteiger partial charge in [0.2, 0.25) is 0 Å². The van der Waals surface area contributed by atoms with Crippen LogP contribution >= 0.6 is 0 Å². The zero-order valence-electron chi connectivity index (χ0n) is 13.5. The highest BCUT2D eigenvalue weighted by atomic mass is 16.4. The van der Waals surface area contributed by atoms with Crippen LogP contribution in [0.2, 0.25) is 0 Å². The highest BCUT2D eigenvalue weighted by molar-refractivity contribution is 5.82. The Hall–Kier alpha value is -2.69. The molecule has 124 valence electrons. The Balaban J connectivity index is 2.19. The summed E-state index contributed by atoms with van der Waals surface area (Å²) in [4.78, 5) is 26.8. The van der Waals surface area contributed by atoms with Crippen LogP contribution in [0.4, 0.5) is 0 Å². The lowest BCUT2D eigenvalue weighted by molar-refractivity contribution is -0.137. The van der Waals surface area contributed by atoms with Gasteiger partial charge in [-0.2, -0.15) is 0 Å². The van der Waals surface area contributed by atoms with Crippen molar-refractivity contribution in [2.24, 2.45) is 0 Å². The monoisotopic (exact) mass is 325 g/mol. The molecule has 0 saturated carbocycles. The molecule has 24 heavy (non-hydrogen) atoms. The molecule has 0 aliphatic heterocycles. The second-order valence-corrected chi connectivity index (χ2v) is 6.29. The molecule has 0 unspecified atom stereocenters. The molecule has 1 aromatic carbocycles. The number of aryl methyl sites for hydroxylation is 1. The van der Waals surface area contributed by atoms with Gasteiger partial charge < -0.3 is 10.2 Å². The van der Waals surface area contributed by atoms with Gasteiger partial charge in [0.05, 0.1) is 0 Å². The molecule has 0 bridgehead atoms. The molecule has 0 spiro atoms. The first kappa shape index (κ1) is 16.2. The fourth-order valence-corrected chi connectivity index (χ4v) is 3.75. The van der Waals surface area contributed by atoms with Crippen molar-refractivity contribution < 1.29 is 19.8 Å². The number of hydrogen-bond acceptors (Lipinski definition) is 3. The number of aliphatic carboxylic acids is 2. The molecule has 1 aromatic heterocycles. The van der Waals surface area contributed by atoms with Gasteiger partial charge in [-0.3, -0.25) is 14.6 Å². The Labute approximate surface area is 140 Å². The number of carboxylic acid groups (broad SMARTS) is 2. The second-order valence-electron chi connectivity index (χ2n) is 6.29. The minimum absolute atomic E-state index is 0.0126. The fourth-order valence-electron chi connectivity index (χ4n) is 3.75. The molecule has 2 N–H and O–H groups in total. The van der Waals surface area contributed by atoms with E-state index in [0.29, 0.717) is 12.8 Å². The first-order chi connectivity index (χ1) is 11.4. The number of hydrogen-bond donors (Lipinski definition) is 2. The molecule has 5 nitrogen and oxygen atoms in total. The first-order valence-corrected chi connectivity index (χ1v) is 7.94. The van der Waals surface area contributed by atoms with Gasteiger partial charge in [0.25, 0.3) is 0 Å². The lowest BCUT2D eigenvalue weighted by Gasteiger charge is -2.31.